The minimum atomic E-state index is -3.74. The van der Waals surface area contributed by atoms with Crippen LogP contribution in [-0.4, -0.2) is 44.8 Å². The molecule has 1 atom stereocenters. The van der Waals surface area contributed by atoms with E-state index in [9.17, 15) is 13.5 Å². The van der Waals surface area contributed by atoms with Crippen LogP contribution in [0.25, 0.3) is 0 Å². The maximum atomic E-state index is 12.4. The van der Waals surface area contributed by atoms with Gasteiger partial charge in [-0.3, -0.25) is 0 Å². The molecule has 1 rings (SSSR count). The number of rotatable bonds is 7. The Morgan fingerprint density at radius 2 is 1.90 bits per heavy atom. The van der Waals surface area contributed by atoms with Gasteiger partial charge in [0.25, 0.3) is 0 Å². The van der Waals surface area contributed by atoms with Crippen LogP contribution in [0.1, 0.15) is 18.1 Å². The Morgan fingerprint density at radius 3 is 2.43 bits per heavy atom. The second-order valence-corrected chi connectivity index (χ2v) is 7.94. The average molecular weight is 333 g/mol. The summed E-state index contributed by atoms with van der Waals surface area (Å²) < 4.78 is 32.4. The molecule has 0 saturated heterocycles. The summed E-state index contributed by atoms with van der Waals surface area (Å²) in [7, 11) is -2.30. The molecule has 0 heterocycles. The van der Waals surface area contributed by atoms with E-state index in [1.165, 1.54) is 18.9 Å². The number of sulfonamides is 1. The van der Waals surface area contributed by atoms with Crippen LogP contribution in [-0.2, 0) is 10.0 Å². The number of methoxy groups -OCH3 is 1. The summed E-state index contributed by atoms with van der Waals surface area (Å²) in [6.45, 7) is 5.29. The van der Waals surface area contributed by atoms with Crippen molar-refractivity contribution in [2.45, 2.75) is 31.3 Å². The molecular weight excluding hydrogens is 310 g/mol. The molecule has 5 nitrogen and oxygen atoms in total. The van der Waals surface area contributed by atoms with Gasteiger partial charge < -0.3 is 9.84 Å². The number of thioether (sulfide) groups is 1. The first-order valence-corrected chi connectivity index (χ1v) is 9.37. The number of hydrogen-bond donors (Lipinski definition) is 2. The molecule has 1 aromatic carbocycles. The Hall–Kier alpha value is -0.760. The highest BCUT2D eigenvalue weighted by atomic mass is 32.2. The third-order valence-corrected chi connectivity index (χ3v) is 5.50. The number of aryl methyl sites for hydroxylation is 2. The van der Waals surface area contributed by atoms with E-state index in [0.717, 1.165) is 11.1 Å². The maximum Gasteiger partial charge on any atom is 0.244 e. The van der Waals surface area contributed by atoms with Crippen molar-refractivity contribution in [2.24, 2.45) is 0 Å². The first kappa shape index (κ1) is 18.3. The predicted octanol–water partition coefficient (Wildman–Crippen LogP) is 1.70. The van der Waals surface area contributed by atoms with E-state index in [1.54, 1.807) is 19.1 Å². The van der Waals surface area contributed by atoms with Crippen molar-refractivity contribution < 1.29 is 18.3 Å². The van der Waals surface area contributed by atoms with Gasteiger partial charge in [-0.15, -0.1) is 0 Å². The summed E-state index contributed by atoms with van der Waals surface area (Å²) in [5.74, 6) is 0.745. The fraction of sp³-hybridized carbons (Fsp3) is 0.571. The summed E-state index contributed by atoms with van der Waals surface area (Å²) in [5, 5.41) is 10.1. The second-order valence-electron chi connectivity index (χ2n) is 5.34. The van der Waals surface area contributed by atoms with Crippen LogP contribution in [0.2, 0.25) is 0 Å². The van der Waals surface area contributed by atoms with Gasteiger partial charge in [-0.25, -0.2) is 13.1 Å². The molecule has 0 bridgehead atoms. The van der Waals surface area contributed by atoms with E-state index in [2.05, 4.69) is 4.72 Å². The lowest BCUT2D eigenvalue weighted by Gasteiger charge is -2.23. The molecule has 1 unspecified atom stereocenters. The molecule has 0 spiro atoms. The van der Waals surface area contributed by atoms with Crippen molar-refractivity contribution in [1.29, 1.82) is 0 Å². The smallest absolute Gasteiger partial charge is 0.244 e. The maximum absolute atomic E-state index is 12.4. The van der Waals surface area contributed by atoms with E-state index in [-0.39, 0.29) is 11.4 Å². The molecule has 21 heavy (non-hydrogen) atoms. The number of ether oxygens (including phenoxy) is 1. The number of aliphatic hydroxyl groups is 1. The van der Waals surface area contributed by atoms with E-state index >= 15 is 0 Å². The standard InChI is InChI=1S/C14H23NO4S2/c1-10-6-12(19-4)13(7-11(10)2)21(17,18)15-8-14(3,16)9-20-5/h6-7,15-16H,8-9H2,1-5H3. The van der Waals surface area contributed by atoms with Gasteiger partial charge in [0.2, 0.25) is 10.0 Å². The highest BCUT2D eigenvalue weighted by Crippen LogP contribution is 2.27. The predicted molar refractivity (Wildman–Crippen MR) is 86.7 cm³/mol. The van der Waals surface area contributed by atoms with Crippen LogP contribution in [0.15, 0.2) is 17.0 Å². The van der Waals surface area contributed by atoms with Gasteiger partial charge in [-0.05, 0) is 50.3 Å². The molecule has 0 fully saturated rings. The highest BCUT2D eigenvalue weighted by Gasteiger charge is 2.26. The van der Waals surface area contributed by atoms with Gasteiger partial charge in [-0.1, -0.05) is 0 Å². The zero-order chi connectivity index (χ0) is 16.3. The second kappa shape index (κ2) is 7.00. The molecule has 0 saturated carbocycles. The highest BCUT2D eigenvalue weighted by molar-refractivity contribution is 7.98. The summed E-state index contributed by atoms with van der Waals surface area (Å²) in [4.78, 5) is 0.0908. The summed E-state index contributed by atoms with van der Waals surface area (Å²) in [6.07, 6.45) is 1.86. The van der Waals surface area contributed by atoms with Crippen molar-refractivity contribution in [1.82, 2.24) is 4.72 Å². The molecule has 0 aromatic heterocycles. The van der Waals surface area contributed by atoms with Crippen molar-refractivity contribution in [2.75, 3.05) is 25.7 Å². The van der Waals surface area contributed by atoms with E-state index in [1.807, 2.05) is 20.1 Å². The molecule has 0 aliphatic carbocycles. The summed E-state index contributed by atoms with van der Waals surface area (Å²) in [5.41, 5.74) is 0.728. The quantitative estimate of drug-likeness (QED) is 0.794. The monoisotopic (exact) mass is 333 g/mol. The van der Waals surface area contributed by atoms with Crippen LogP contribution >= 0.6 is 11.8 Å². The molecule has 2 N–H and O–H groups in total. The number of nitrogens with one attached hydrogen (secondary N) is 1. The van der Waals surface area contributed by atoms with E-state index in [0.29, 0.717) is 11.5 Å². The Kier molecular flexibility index (Phi) is 6.10. The fourth-order valence-electron chi connectivity index (χ4n) is 1.82. The van der Waals surface area contributed by atoms with Gasteiger partial charge in [0.05, 0.1) is 12.7 Å². The van der Waals surface area contributed by atoms with Gasteiger partial charge in [0.15, 0.2) is 0 Å². The summed E-state index contributed by atoms with van der Waals surface area (Å²) in [6, 6.07) is 3.28. The first-order chi connectivity index (χ1) is 9.63. The van der Waals surface area contributed by atoms with Gasteiger partial charge in [0.1, 0.15) is 10.6 Å². The average Bonchev–Trinajstić information content (AvgIpc) is 2.39. The third-order valence-electron chi connectivity index (χ3n) is 3.17. The van der Waals surface area contributed by atoms with Crippen LogP contribution < -0.4 is 9.46 Å². The van der Waals surface area contributed by atoms with Crippen LogP contribution in [0.3, 0.4) is 0 Å². The normalized spacial score (nSPS) is 14.8. The molecule has 1 aromatic rings. The largest absolute Gasteiger partial charge is 0.495 e. The van der Waals surface area contributed by atoms with Gasteiger partial charge in [0, 0.05) is 12.3 Å². The summed E-state index contributed by atoms with van der Waals surface area (Å²) >= 11 is 1.46. The van der Waals surface area contributed by atoms with Gasteiger partial charge >= 0.3 is 0 Å². The molecule has 0 aliphatic rings. The van der Waals surface area contributed by atoms with Crippen molar-refractivity contribution in [3.63, 3.8) is 0 Å². The number of benzene rings is 1. The Balaban J connectivity index is 3.06. The third kappa shape index (κ3) is 4.88. The van der Waals surface area contributed by atoms with Crippen molar-refractivity contribution in [3.05, 3.63) is 23.3 Å². The SMILES string of the molecule is COc1cc(C)c(C)cc1S(=O)(=O)NCC(C)(O)CSC. The van der Waals surface area contributed by atoms with Gasteiger partial charge in [-0.2, -0.15) is 11.8 Å². The zero-order valence-corrected chi connectivity index (χ0v) is 14.7. The van der Waals surface area contributed by atoms with E-state index in [4.69, 9.17) is 4.74 Å². The Bertz CT molecular complexity index is 597. The minimum absolute atomic E-state index is 0.0494. The Morgan fingerprint density at radius 1 is 1.33 bits per heavy atom. The molecule has 0 radical (unpaired) electrons. The van der Waals surface area contributed by atoms with Crippen LogP contribution in [0.4, 0.5) is 0 Å². The topological polar surface area (TPSA) is 75.6 Å². The van der Waals surface area contributed by atoms with Crippen LogP contribution in [0.5, 0.6) is 5.75 Å². The first-order valence-electron chi connectivity index (χ1n) is 6.49. The zero-order valence-electron chi connectivity index (χ0n) is 13.1. The van der Waals surface area contributed by atoms with Crippen molar-refractivity contribution >= 4 is 21.8 Å². The lowest BCUT2D eigenvalue weighted by Crippen LogP contribution is -2.42. The minimum Gasteiger partial charge on any atom is -0.495 e. The molecule has 0 aliphatic heterocycles. The fourth-order valence-corrected chi connectivity index (χ4v) is 3.94. The Labute approximate surface area is 131 Å². The lowest BCUT2D eigenvalue weighted by molar-refractivity contribution is 0.0908. The van der Waals surface area contributed by atoms with Crippen molar-refractivity contribution in [3.8, 4) is 5.75 Å². The molecule has 120 valence electrons. The van der Waals surface area contributed by atoms with E-state index < -0.39 is 15.6 Å². The molecular formula is C14H23NO4S2. The molecule has 7 heteroatoms. The number of hydrogen-bond acceptors (Lipinski definition) is 5. The molecule has 0 amide bonds. The van der Waals surface area contributed by atoms with Crippen LogP contribution in [0, 0.1) is 13.8 Å². The lowest BCUT2D eigenvalue weighted by atomic mass is 10.1.